The average Bonchev–Trinajstić information content (AvgIpc) is 2.92. The number of aromatic nitrogens is 2. The van der Waals surface area contributed by atoms with Crippen LogP contribution in [0.2, 0.25) is 0 Å². The molecule has 6 nitrogen and oxygen atoms in total. The molecule has 0 spiro atoms. The zero-order valence-electron chi connectivity index (χ0n) is 20.0. The minimum Gasteiger partial charge on any atom is -0.494 e. The molecule has 2 saturated heterocycles. The van der Waals surface area contributed by atoms with Gasteiger partial charge in [0.25, 0.3) is 0 Å². The number of benzene rings is 2. The molecule has 0 aliphatic carbocycles. The summed E-state index contributed by atoms with van der Waals surface area (Å²) in [5.74, 6) is 0.299. The standard InChI is InChI=1S/C28H30FN5O/c1-35-24-9-7-21-8-10-25(29)31-27(21)28(24)34-14-11-22(12-15-34)32-16-18-33(19-17-32)23-6-2-4-20-5-3-13-30-26(20)23/h2-10,13,22H,11-12,14-19H2,1H3. The molecule has 0 saturated carbocycles. The molecule has 0 unspecified atom stereocenters. The SMILES string of the molecule is COc1ccc2ccc(F)nc2c1N1CCC(N2CCN(c3cccc4cccnc34)CC2)CC1. The van der Waals surface area contributed by atoms with Crippen molar-refractivity contribution in [2.24, 2.45) is 0 Å². The zero-order chi connectivity index (χ0) is 23.8. The lowest BCUT2D eigenvalue weighted by Crippen LogP contribution is -2.53. The molecule has 180 valence electrons. The number of halogens is 1. The molecular formula is C28H30FN5O. The molecule has 0 amide bonds. The largest absolute Gasteiger partial charge is 0.494 e. The van der Waals surface area contributed by atoms with Gasteiger partial charge in [0.1, 0.15) is 17.0 Å². The Hall–Kier alpha value is -3.45. The lowest BCUT2D eigenvalue weighted by atomic mass is 10.0. The predicted octanol–water partition coefficient (Wildman–Crippen LogP) is 4.72. The number of hydrogen-bond donors (Lipinski definition) is 0. The van der Waals surface area contributed by atoms with Crippen LogP contribution in [0.25, 0.3) is 21.8 Å². The highest BCUT2D eigenvalue weighted by Gasteiger charge is 2.30. The Balaban J connectivity index is 1.13. The van der Waals surface area contributed by atoms with Crippen molar-refractivity contribution in [1.82, 2.24) is 14.9 Å². The number of fused-ring (bicyclic) bond motifs is 2. The second-order valence-electron chi connectivity index (χ2n) is 9.42. The quantitative estimate of drug-likeness (QED) is 0.401. The normalized spacial score (nSPS) is 17.9. The van der Waals surface area contributed by atoms with Crippen molar-refractivity contribution in [2.45, 2.75) is 18.9 Å². The summed E-state index contributed by atoms with van der Waals surface area (Å²) in [6.45, 7) is 5.94. The lowest BCUT2D eigenvalue weighted by Gasteiger charge is -2.44. The van der Waals surface area contributed by atoms with Crippen molar-refractivity contribution in [2.75, 3.05) is 56.2 Å². The number of hydrogen-bond acceptors (Lipinski definition) is 6. The minimum absolute atomic E-state index is 0.457. The van der Waals surface area contributed by atoms with Gasteiger partial charge in [0.05, 0.1) is 18.3 Å². The Bertz CT molecular complexity index is 1340. The Morgan fingerprint density at radius 3 is 2.34 bits per heavy atom. The summed E-state index contributed by atoms with van der Waals surface area (Å²) in [5, 5.41) is 2.13. The molecule has 0 radical (unpaired) electrons. The van der Waals surface area contributed by atoms with Gasteiger partial charge in [0.2, 0.25) is 5.95 Å². The number of piperidine rings is 1. The third kappa shape index (κ3) is 4.14. The van der Waals surface area contributed by atoms with E-state index in [1.165, 1.54) is 17.1 Å². The molecule has 4 aromatic rings. The van der Waals surface area contributed by atoms with E-state index >= 15 is 0 Å². The van der Waals surface area contributed by atoms with E-state index in [-0.39, 0.29) is 0 Å². The van der Waals surface area contributed by atoms with Gasteiger partial charge < -0.3 is 14.5 Å². The predicted molar refractivity (Wildman–Crippen MR) is 139 cm³/mol. The van der Waals surface area contributed by atoms with Gasteiger partial charge in [-0.15, -0.1) is 0 Å². The third-order valence-corrected chi connectivity index (χ3v) is 7.55. The van der Waals surface area contributed by atoms with Crippen LogP contribution in [0.1, 0.15) is 12.8 Å². The Labute approximate surface area is 204 Å². The summed E-state index contributed by atoms with van der Waals surface area (Å²) >= 11 is 0. The van der Waals surface area contributed by atoms with Gasteiger partial charge in [-0.1, -0.05) is 18.2 Å². The first-order valence-electron chi connectivity index (χ1n) is 12.4. The van der Waals surface area contributed by atoms with Crippen LogP contribution in [0.5, 0.6) is 5.75 Å². The first-order chi connectivity index (χ1) is 17.2. The molecule has 2 fully saturated rings. The van der Waals surface area contributed by atoms with Crippen molar-refractivity contribution in [3.05, 3.63) is 66.7 Å². The van der Waals surface area contributed by atoms with E-state index < -0.39 is 5.95 Å². The fourth-order valence-corrected chi connectivity index (χ4v) is 5.73. The summed E-state index contributed by atoms with van der Waals surface area (Å²) in [4.78, 5) is 16.3. The van der Waals surface area contributed by atoms with Gasteiger partial charge in [0.15, 0.2) is 0 Å². The van der Waals surface area contributed by atoms with Crippen LogP contribution >= 0.6 is 0 Å². The molecular weight excluding hydrogens is 441 g/mol. The fraction of sp³-hybridized carbons (Fsp3) is 0.357. The van der Waals surface area contributed by atoms with Crippen molar-refractivity contribution < 1.29 is 9.13 Å². The first kappa shape index (κ1) is 22.0. The topological polar surface area (TPSA) is 44.7 Å². The van der Waals surface area contributed by atoms with Gasteiger partial charge in [-0.05, 0) is 49.2 Å². The monoisotopic (exact) mass is 471 g/mol. The van der Waals surface area contributed by atoms with E-state index in [2.05, 4.69) is 48.9 Å². The summed E-state index contributed by atoms with van der Waals surface area (Å²) < 4.78 is 19.6. The second-order valence-corrected chi connectivity index (χ2v) is 9.42. The number of nitrogens with zero attached hydrogens (tertiary/aromatic N) is 5. The smallest absolute Gasteiger partial charge is 0.213 e. The van der Waals surface area contributed by atoms with E-state index in [1.807, 2.05) is 24.4 Å². The molecule has 0 atom stereocenters. The van der Waals surface area contributed by atoms with E-state index in [9.17, 15) is 4.39 Å². The molecule has 2 aliphatic heterocycles. The maximum absolute atomic E-state index is 14.0. The molecule has 35 heavy (non-hydrogen) atoms. The Morgan fingerprint density at radius 2 is 1.54 bits per heavy atom. The van der Waals surface area contributed by atoms with Crippen LogP contribution in [-0.2, 0) is 0 Å². The number of rotatable bonds is 4. The van der Waals surface area contributed by atoms with Crippen LogP contribution in [0, 0.1) is 5.95 Å². The number of para-hydroxylation sites is 1. The Kier molecular flexibility index (Phi) is 5.86. The summed E-state index contributed by atoms with van der Waals surface area (Å²) in [6, 6.07) is 18.3. The molecule has 4 heterocycles. The lowest BCUT2D eigenvalue weighted by molar-refractivity contribution is 0.160. The molecule has 6 rings (SSSR count). The van der Waals surface area contributed by atoms with Crippen LogP contribution in [0.15, 0.2) is 60.8 Å². The maximum Gasteiger partial charge on any atom is 0.213 e. The molecule has 0 N–H and O–H groups in total. The highest BCUT2D eigenvalue weighted by molar-refractivity contribution is 5.94. The molecule has 0 bridgehead atoms. The molecule has 2 aromatic carbocycles. The number of pyridine rings is 2. The van der Waals surface area contributed by atoms with Crippen LogP contribution in [-0.4, -0.2) is 67.3 Å². The number of piperazine rings is 1. The van der Waals surface area contributed by atoms with Crippen LogP contribution in [0.3, 0.4) is 0 Å². The van der Waals surface area contributed by atoms with Crippen LogP contribution < -0.4 is 14.5 Å². The van der Waals surface area contributed by atoms with Crippen molar-refractivity contribution >= 4 is 33.2 Å². The van der Waals surface area contributed by atoms with Crippen molar-refractivity contribution in [3.8, 4) is 5.75 Å². The summed E-state index contributed by atoms with van der Waals surface area (Å²) in [7, 11) is 1.67. The van der Waals surface area contributed by atoms with Gasteiger partial charge >= 0.3 is 0 Å². The first-order valence-corrected chi connectivity index (χ1v) is 12.4. The fourth-order valence-electron chi connectivity index (χ4n) is 5.73. The third-order valence-electron chi connectivity index (χ3n) is 7.55. The highest BCUT2D eigenvalue weighted by Crippen LogP contribution is 2.37. The zero-order valence-corrected chi connectivity index (χ0v) is 20.0. The molecule has 2 aliphatic rings. The van der Waals surface area contributed by atoms with Crippen molar-refractivity contribution in [3.63, 3.8) is 0 Å². The van der Waals surface area contributed by atoms with E-state index in [4.69, 9.17) is 4.74 Å². The van der Waals surface area contributed by atoms with Gasteiger partial charge in [-0.25, -0.2) is 4.98 Å². The summed E-state index contributed by atoms with van der Waals surface area (Å²) in [5.41, 5.74) is 3.92. The van der Waals surface area contributed by atoms with E-state index in [1.54, 1.807) is 13.2 Å². The van der Waals surface area contributed by atoms with Gasteiger partial charge in [-0.3, -0.25) is 9.88 Å². The average molecular weight is 472 g/mol. The minimum atomic E-state index is -0.457. The van der Waals surface area contributed by atoms with Crippen LogP contribution in [0.4, 0.5) is 15.8 Å². The molecule has 2 aromatic heterocycles. The maximum atomic E-state index is 14.0. The Morgan fingerprint density at radius 1 is 0.800 bits per heavy atom. The number of methoxy groups -OCH3 is 1. The highest BCUT2D eigenvalue weighted by atomic mass is 19.1. The second kappa shape index (κ2) is 9.30. The van der Waals surface area contributed by atoms with E-state index in [0.29, 0.717) is 11.6 Å². The van der Waals surface area contributed by atoms with Gasteiger partial charge in [0, 0.05) is 62.3 Å². The summed E-state index contributed by atoms with van der Waals surface area (Å²) in [6.07, 6.45) is 4.03. The number of anilines is 2. The molecule has 7 heteroatoms. The van der Waals surface area contributed by atoms with E-state index in [0.717, 1.165) is 74.5 Å². The van der Waals surface area contributed by atoms with Gasteiger partial charge in [-0.2, -0.15) is 4.39 Å². The number of ether oxygens (including phenoxy) is 1. The van der Waals surface area contributed by atoms with Crippen molar-refractivity contribution in [1.29, 1.82) is 0 Å².